The summed E-state index contributed by atoms with van der Waals surface area (Å²) in [4.78, 5) is 16.0. The summed E-state index contributed by atoms with van der Waals surface area (Å²) < 4.78 is 30.4. The molecule has 0 bridgehead atoms. The first kappa shape index (κ1) is 17.7. The van der Waals surface area contributed by atoms with Crippen molar-refractivity contribution in [2.24, 2.45) is 7.05 Å². The van der Waals surface area contributed by atoms with Crippen LogP contribution < -0.4 is 17.2 Å². The van der Waals surface area contributed by atoms with Crippen LogP contribution in [0.3, 0.4) is 0 Å². The largest absolute Gasteiger partial charge is 0.398 e. The normalized spacial score (nSPS) is 11.3. The van der Waals surface area contributed by atoms with Gasteiger partial charge in [0.25, 0.3) is 0 Å². The molecule has 0 spiro atoms. The summed E-state index contributed by atoms with van der Waals surface area (Å²) in [5.41, 5.74) is 13.4. The molecule has 2 heterocycles. The van der Waals surface area contributed by atoms with Crippen LogP contribution >= 0.6 is 0 Å². The van der Waals surface area contributed by atoms with Gasteiger partial charge in [0.2, 0.25) is 5.95 Å². The number of nitrogens with zero attached hydrogens (tertiary/aromatic N) is 3. The highest BCUT2D eigenvalue weighted by molar-refractivity contribution is 5.85. The molecule has 3 rings (SSSR count). The second-order valence-electron chi connectivity index (χ2n) is 6.33. The van der Waals surface area contributed by atoms with Crippen LogP contribution in [0.5, 0.6) is 0 Å². The van der Waals surface area contributed by atoms with Gasteiger partial charge in [0.05, 0.1) is 5.69 Å². The predicted octanol–water partition coefficient (Wildman–Crippen LogP) is 2.94. The van der Waals surface area contributed by atoms with Crippen molar-refractivity contribution in [3.63, 3.8) is 0 Å². The van der Waals surface area contributed by atoms with Gasteiger partial charge in [0, 0.05) is 41.7 Å². The summed E-state index contributed by atoms with van der Waals surface area (Å²) in [5.74, 6) is -1.01. The molecular formula is C18H19F2N5O. The number of nitrogens with two attached hydrogens (primary N) is 2. The molecule has 0 aliphatic carbocycles. The second-order valence-corrected chi connectivity index (χ2v) is 6.33. The van der Waals surface area contributed by atoms with E-state index in [9.17, 15) is 13.6 Å². The van der Waals surface area contributed by atoms with Crippen molar-refractivity contribution >= 4 is 11.5 Å². The number of nitrogen functional groups attached to an aromatic ring is 2. The Balaban J connectivity index is 2.31. The summed E-state index contributed by atoms with van der Waals surface area (Å²) >= 11 is 0. The number of benzene rings is 1. The third-order valence-corrected chi connectivity index (χ3v) is 4.29. The number of hydrogen-bond acceptors (Lipinski definition) is 4. The number of imidazole rings is 1. The average molecular weight is 359 g/mol. The van der Waals surface area contributed by atoms with E-state index < -0.39 is 11.8 Å². The molecule has 0 atom stereocenters. The minimum atomic E-state index is -0.661. The van der Waals surface area contributed by atoms with E-state index in [-0.39, 0.29) is 28.8 Å². The molecular weight excluding hydrogens is 340 g/mol. The van der Waals surface area contributed by atoms with Crippen LogP contribution in [0, 0.1) is 11.8 Å². The molecule has 0 fully saturated rings. The highest BCUT2D eigenvalue weighted by Gasteiger charge is 2.22. The van der Waals surface area contributed by atoms with Gasteiger partial charge in [-0.15, -0.1) is 0 Å². The first-order chi connectivity index (χ1) is 12.2. The van der Waals surface area contributed by atoms with Gasteiger partial charge in [-0.1, -0.05) is 0 Å². The molecule has 0 amide bonds. The number of pyridine rings is 1. The monoisotopic (exact) mass is 359 g/mol. The molecule has 0 saturated heterocycles. The average Bonchev–Trinajstić information content (AvgIpc) is 2.80. The summed E-state index contributed by atoms with van der Waals surface area (Å²) in [7, 11) is 1.56. The first-order valence-electron chi connectivity index (χ1n) is 8.00. The summed E-state index contributed by atoms with van der Waals surface area (Å²) in [5, 5.41) is 0. The van der Waals surface area contributed by atoms with Crippen molar-refractivity contribution in [2.75, 3.05) is 11.5 Å². The molecule has 6 nitrogen and oxygen atoms in total. The number of halogens is 2. The van der Waals surface area contributed by atoms with Gasteiger partial charge >= 0.3 is 5.69 Å². The van der Waals surface area contributed by atoms with E-state index in [4.69, 9.17) is 11.5 Å². The SMILES string of the molecule is CC(C)n1c(-c2cc(-c3ccc(F)nc3)c(F)cc2N)c(N)n(C)c1=O. The van der Waals surface area contributed by atoms with Crippen molar-refractivity contribution in [2.45, 2.75) is 19.9 Å². The van der Waals surface area contributed by atoms with E-state index in [1.165, 1.54) is 27.5 Å². The number of hydrogen-bond donors (Lipinski definition) is 2. The van der Waals surface area contributed by atoms with Gasteiger partial charge in [-0.25, -0.2) is 14.2 Å². The second kappa shape index (κ2) is 6.29. The topological polar surface area (TPSA) is 91.9 Å². The molecule has 2 aromatic heterocycles. The van der Waals surface area contributed by atoms with E-state index in [1.54, 1.807) is 7.05 Å². The highest BCUT2D eigenvalue weighted by atomic mass is 19.1. The van der Waals surface area contributed by atoms with Crippen LogP contribution in [0.2, 0.25) is 0 Å². The summed E-state index contributed by atoms with van der Waals surface area (Å²) in [6, 6.07) is 5.05. The molecule has 8 heteroatoms. The zero-order chi connectivity index (χ0) is 19.2. The van der Waals surface area contributed by atoms with Gasteiger partial charge in [-0.2, -0.15) is 4.39 Å². The summed E-state index contributed by atoms with van der Waals surface area (Å²) in [6.07, 6.45) is 1.23. The molecule has 0 aliphatic rings. The Morgan fingerprint density at radius 1 is 1.12 bits per heavy atom. The lowest BCUT2D eigenvalue weighted by atomic mass is 10.00. The van der Waals surface area contributed by atoms with Gasteiger partial charge in [-0.3, -0.25) is 9.13 Å². The Morgan fingerprint density at radius 3 is 2.38 bits per heavy atom. The molecule has 0 unspecified atom stereocenters. The maximum absolute atomic E-state index is 14.5. The van der Waals surface area contributed by atoms with Crippen molar-refractivity contribution < 1.29 is 8.78 Å². The van der Waals surface area contributed by atoms with Crippen molar-refractivity contribution in [1.29, 1.82) is 0 Å². The van der Waals surface area contributed by atoms with Crippen molar-refractivity contribution in [3.05, 3.63) is 52.7 Å². The number of rotatable bonds is 3. The van der Waals surface area contributed by atoms with Crippen molar-refractivity contribution in [1.82, 2.24) is 14.1 Å². The third-order valence-electron chi connectivity index (χ3n) is 4.29. The summed E-state index contributed by atoms with van der Waals surface area (Å²) in [6.45, 7) is 3.68. The molecule has 1 aromatic carbocycles. The Kier molecular flexibility index (Phi) is 4.27. The Hall–Kier alpha value is -3.16. The Morgan fingerprint density at radius 2 is 1.81 bits per heavy atom. The molecule has 0 saturated carbocycles. The zero-order valence-corrected chi connectivity index (χ0v) is 14.6. The predicted molar refractivity (Wildman–Crippen MR) is 97.5 cm³/mol. The van der Waals surface area contributed by atoms with E-state index in [0.29, 0.717) is 16.8 Å². The minimum absolute atomic E-state index is 0.146. The number of aromatic nitrogens is 3. The molecule has 0 aliphatic heterocycles. The molecule has 4 N–H and O–H groups in total. The molecule has 136 valence electrons. The van der Waals surface area contributed by atoms with Crippen LogP contribution in [0.15, 0.2) is 35.3 Å². The van der Waals surface area contributed by atoms with Gasteiger partial charge in [0.15, 0.2) is 0 Å². The fraction of sp³-hybridized carbons (Fsp3) is 0.222. The smallest absolute Gasteiger partial charge is 0.330 e. The first-order valence-corrected chi connectivity index (χ1v) is 8.00. The maximum atomic E-state index is 14.5. The van der Waals surface area contributed by atoms with E-state index in [1.807, 2.05) is 13.8 Å². The zero-order valence-electron chi connectivity index (χ0n) is 14.6. The van der Waals surface area contributed by atoms with Crippen molar-refractivity contribution in [3.8, 4) is 22.4 Å². The molecule has 26 heavy (non-hydrogen) atoms. The fourth-order valence-electron chi connectivity index (χ4n) is 2.94. The van der Waals surface area contributed by atoms with Crippen LogP contribution in [0.1, 0.15) is 19.9 Å². The van der Waals surface area contributed by atoms with Crippen LogP contribution in [0.4, 0.5) is 20.3 Å². The van der Waals surface area contributed by atoms with E-state index in [0.717, 1.165) is 12.1 Å². The van der Waals surface area contributed by atoms with E-state index in [2.05, 4.69) is 4.98 Å². The number of anilines is 2. The van der Waals surface area contributed by atoms with Crippen LogP contribution in [-0.2, 0) is 7.05 Å². The quantitative estimate of drug-likeness (QED) is 0.555. The Bertz CT molecular complexity index is 1040. The lowest BCUT2D eigenvalue weighted by Gasteiger charge is -2.15. The fourth-order valence-corrected chi connectivity index (χ4v) is 2.94. The van der Waals surface area contributed by atoms with E-state index >= 15 is 0 Å². The standard InChI is InChI=1S/C18H19F2N5O/c1-9(2)25-16(17(22)24(3)18(25)26)12-6-11(13(19)7-14(12)21)10-4-5-15(20)23-8-10/h4-9H,21-22H2,1-3H3. The third kappa shape index (κ3) is 2.73. The maximum Gasteiger partial charge on any atom is 0.330 e. The van der Waals surface area contributed by atoms with Crippen LogP contribution in [0.25, 0.3) is 22.4 Å². The van der Waals surface area contributed by atoms with Gasteiger partial charge in [0.1, 0.15) is 11.6 Å². The lowest BCUT2D eigenvalue weighted by molar-refractivity contribution is 0.572. The van der Waals surface area contributed by atoms with Crippen LogP contribution in [-0.4, -0.2) is 14.1 Å². The minimum Gasteiger partial charge on any atom is -0.398 e. The lowest BCUT2D eigenvalue weighted by Crippen LogP contribution is -2.24. The molecule has 0 radical (unpaired) electrons. The van der Waals surface area contributed by atoms with Gasteiger partial charge < -0.3 is 11.5 Å². The highest BCUT2D eigenvalue weighted by Crippen LogP contribution is 2.36. The molecule has 3 aromatic rings. The van der Waals surface area contributed by atoms with Gasteiger partial charge in [-0.05, 0) is 38.1 Å². The Labute approximate surface area is 148 Å².